The Kier molecular flexibility index (Phi) is 4.36. The molecule has 0 fully saturated rings. The predicted octanol–water partition coefficient (Wildman–Crippen LogP) is 3.88. The van der Waals surface area contributed by atoms with Crippen molar-refractivity contribution in [3.8, 4) is 11.4 Å². The van der Waals surface area contributed by atoms with Gasteiger partial charge in [-0.25, -0.2) is 0 Å². The molecule has 1 aliphatic heterocycles. The molecule has 4 rings (SSSR count). The highest BCUT2D eigenvalue weighted by molar-refractivity contribution is 7.10. The molecule has 128 valence electrons. The van der Waals surface area contributed by atoms with Crippen LogP contribution in [0.1, 0.15) is 35.7 Å². The van der Waals surface area contributed by atoms with E-state index in [1.165, 1.54) is 10.4 Å². The summed E-state index contributed by atoms with van der Waals surface area (Å²) in [5.41, 5.74) is 2.20. The van der Waals surface area contributed by atoms with Crippen LogP contribution in [-0.2, 0) is 17.6 Å². The van der Waals surface area contributed by atoms with Crippen LogP contribution in [0.5, 0.6) is 0 Å². The molecule has 0 saturated carbocycles. The average molecular weight is 353 g/mol. The van der Waals surface area contributed by atoms with Crippen LogP contribution >= 0.6 is 11.3 Å². The van der Waals surface area contributed by atoms with Crippen molar-refractivity contribution in [1.29, 1.82) is 0 Å². The lowest BCUT2D eigenvalue weighted by molar-refractivity contribution is -0.133. The van der Waals surface area contributed by atoms with Crippen LogP contribution < -0.4 is 0 Å². The number of fused-ring (bicyclic) bond motifs is 1. The van der Waals surface area contributed by atoms with E-state index in [2.05, 4.69) is 28.5 Å². The minimum absolute atomic E-state index is 0.142. The van der Waals surface area contributed by atoms with Gasteiger partial charge < -0.3 is 9.42 Å². The summed E-state index contributed by atoms with van der Waals surface area (Å²) in [4.78, 5) is 20.4. The zero-order chi connectivity index (χ0) is 17.2. The zero-order valence-electron chi connectivity index (χ0n) is 14.0. The van der Waals surface area contributed by atoms with Crippen LogP contribution in [-0.4, -0.2) is 27.5 Å². The second-order valence-electron chi connectivity index (χ2n) is 6.19. The maximum atomic E-state index is 12.6. The highest BCUT2D eigenvalue weighted by Gasteiger charge is 2.28. The first kappa shape index (κ1) is 16.0. The highest BCUT2D eigenvalue weighted by atomic mass is 32.1. The van der Waals surface area contributed by atoms with Gasteiger partial charge in [0, 0.05) is 29.8 Å². The largest absolute Gasteiger partial charge is 0.339 e. The number of aryl methyl sites for hydroxylation is 1. The van der Waals surface area contributed by atoms with Crippen molar-refractivity contribution >= 4 is 17.2 Å². The molecule has 6 heteroatoms. The van der Waals surface area contributed by atoms with Crippen LogP contribution in [0.4, 0.5) is 0 Å². The van der Waals surface area contributed by atoms with Crippen LogP contribution in [0, 0.1) is 0 Å². The summed E-state index contributed by atoms with van der Waals surface area (Å²) in [6.45, 7) is 2.88. The molecule has 25 heavy (non-hydrogen) atoms. The number of nitrogens with zero attached hydrogens (tertiary/aromatic N) is 3. The first-order valence-corrected chi connectivity index (χ1v) is 9.34. The van der Waals surface area contributed by atoms with Gasteiger partial charge in [0.25, 0.3) is 0 Å². The third-order valence-corrected chi connectivity index (χ3v) is 5.65. The third kappa shape index (κ3) is 3.22. The normalized spacial score (nSPS) is 16.7. The standard InChI is InChI=1S/C19H19N3O2S/c1-13-15-10-12-25-16(15)9-11-22(13)18(23)8-7-17-20-19(21-24-17)14-5-3-2-4-6-14/h2-6,10,12-13H,7-9,11H2,1H3. The van der Waals surface area contributed by atoms with Gasteiger partial charge in [0.2, 0.25) is 17.6 Å². The van der Waals surface area contributed by atoms with E-state index in [1.807, 2.05) is 35.2 Å². The summed E-state index contributed by atoms with van der Waals surface area (Å²) in [6, 6.07) is 12.0. The minimum atomic E-state index is 0.142. The number of benzene rings is 1. The quantitative estimate of drug-likeness (QED) is 0.714. The fourth-order valence-electron chi connectivity index (χ4n) is 3.27. The lowest BCUT2D eigenvalue weighted by Crippen LogP contribution is -2.38. The van der Waals surface area contributed by atoms with Crippen molar-refractivity contribution in [3.05, 3.63) is 58.1 Å². The van der Waals surface area contributed by atoms with Crippen molar-refractivity contribution in [3.63, 3.8) is 0 Å². The van der Waals surface area contributed by atoms with Crippen molar-refractivity contribution < 1.29 is 9.32 Å². The van der Waals surface area contributed by atoms with E-state index >= 15 is 0 Å². The number of hydrogen-bond acceptors (Lipinski definition) is 5. The maximum absolute atomic E-state index is 12.6. The molecular formula is C19H19N3O2S. The SMILES string of the molecule is CC1c2ccsc2CCN1C(=O)CCc1nc(-c2ccccc2)no1. The van der Waals surface area contributed by atoms with Crippen molar-refractivity contribution in [2.24, 2.45) is 0 Å². The molecule has 1 aliphatic rings. The van der Waals surface area contributed by atoms with Gasteiger partial charge in [0.15, 0.2) is 0 Å². The second kappa shape index (κ2) is 6.80. The molecule has 1 atom stereocenters. The predicted molar refractivity (Wildman–Crippen MR) is 96.2 cm³/mol. The van der Waals surface area contributed by atoms with Gasteiger partial charge >= 0.3 is 0 Å². The minimum Gasteiger partial charge on any atom is -0.339 e. The number of rotatable bonds is 4. The molecule has 1 amide bonds. The van der Waals surface area contributed by atoms with Crippen LogP contribution in [0.3, 0.4) is 0 Å². The smallest absolute Gasteiger partial charge is 0.227 e. The van der Waals surface area contributed by atoms with Crippen LogP contribution in [0.25, 0.3) is 11.4 Å². The first-order chi connectivity index (χ1) is 12.2. The average Bonchev–Trinajstić information content (AvgIpc) is 3.30. The lowest BCUT2D eigenvalue weighted by atomic mass is 10.0. The summed E-state index contributed by atoms with van der Waals surface area (Å²) < 4.78 is 5.30. The van der Waals surface area contributed by atoms with E-state index in [4.69, 9.17) is 4.52 Å². The monoisotopic (exact) mass is 353 g/mol. The molecule has 0 saturated heterocycles. The van der Waals surface area contributed by atoms with Gasteiger partial charge in [0.05, 0.1) is 6.04 Å². The van der Waals surface area contributed by atoms with Crippen molar-refractivity contribution in [1.82, 2.24) is 15.0 Å². The highest BCUT2D eigenvalue weighted by Crippen LogP contribution is 2.33. The molecule has 3 aromatic rings. The summed E-state index contributed by atoms with van der Waals surface area (Å²) in [5, 5.41) is 6.11. The number of aromatic nitrogens is 2. The van der Waals surface area contributed by atoms with Crippen molar-refractivity contribution in [2.75, 3.05) is 6.54 Å². The Morgan fingerprint density at radius 3 is 3.00 bits per heavy atom. The van der Waals surface area contributed by atoms with Gasteiger partial charge in [-0.1, -0.05) is 35.5 Å². The van der Waals surface area contributed by atoms with Crippen LogP contribution in [0.2, 0.25) is 0 Å². The molecule has 1 unspecified atom stereocenters. The molecular weight excluding hydrogens is 334 g/mol. The second-order valence-corrected chi connectivity index (χ2v) is 7.19. The van der Waals surface area contributed by atoms with Crippen LogP contribution in [0.15, 0.2) is 46.3 Å². The number of hydrogen-bond donors (Lipinski definition) is 0. The number of thiophene rings is 1. The Morgan fingerprint density at radius 1 is 1.32 bits per heavy atom. The first-order valence-electron chi connectivity index (χ1n) is 8.46. The van der Waals surface area contributed by atoms with Gasteiger partial charge in [0.1, 0.15) is 0 Å². The van der Waals surface area contributed by atoms with Gasteiger partial charge in [-0.3, -0.25) is 4.79 Å². The Balaban J connectivity index is 1.39. The van der Waals surface area contributed by atoms with Gasteiger partial charge in [-0.2, -0.15) is 4.98 Å². The maximum Gasteiger partial charge on any atom is 0.227 e. The van der Waals surface area contributed by atoms with Crippen molar-refractivity contribution in [2.45, 2.75) is 32.2 Å². The zero-order valence-corrected chi connectivity index (χ0v) is 14.8. The summed E-state index contributed by atoms with van der Waals surface area (Å²) in [6.07, 6.45) is 1.81. The van der Waals surface area contributed by atoms with E-state index in [0.717, 1.165) is 18.5 Å². The van der Waals surface area contributed by atoms with E-state index in [9.17, 15) is 4.79 Å². The van der Waals surface area contributed by atoms with E-state index in [-0.39, 0.29) is 11.9 Å². The number of carbonyl (C=O) groups is 1. The van der Waals surface area contributed by atoms with Gasteiger partial charge in [-0.05, 0) is 30.4 Å². The molecule has 0 spiro atoms. The summed E-state index contributed by atoms with van der Waals surface area (Å²) in [5.74, 6) is 1.22. The molecule has 1 aromatic carbocycles. The van der Waals surface area contributed by atoms with E-state index in [0.29, 0.717) is 24.6 Å². The molecule has 0 aliphatic carbocycles. The number of carbonyl (C=O) groups excluding carboxylic acids is 1. The topological polar surface area (TPSA) is 59.2 Å². The number of amides is 1. The fraction of sp³-hybridized carbons (Fsp3) is 0.316. The molecule has 5 nitrogen and oxygen atoms in total. The Morgan fingerprint density at radius 2 is 2.16 bits per heavy atom. The Labute approximate surface area is 150 Å². The Bertz CT molecular complexity index is 872. The molecule has 3 heterocycles. The Hall–Kier alpha value is -2.47. The molecule has 0 N–H and O–H groups in total. The molecule has 0 bridgehead atoms. The molecule has 2 aromatic heterocycles. The summed E-state index contributed by atoms with van der Waals surface area (Å²) >= 11 is 1.78. The fourth-order valence-corrected chi connectivity index (χ4v) is 4.23. The summed E-state index contributed by atoms with van der Waals surface area (Å²) in [7, 11) is 0. The third-order valence-electron chi connectivity index (χ3n) is 4.65. The van der Waals surface area contributed by atoms with E-state index in [1.54, 1.807) is 11.3 Å². The molecule has 0 radical (unpaired) electrons. The lowest BCUT2D eigenvalue weighted by Gasteiger charge is -2.33. The van der Waals surface area contributed by atoms with E-state index < -0.39 is 0 Å². The van der Waals surface area contributed by atoms with Gasteiger partial charge in [-0.15, -0.1) is 11.3 Å².